The third-order valence-electron chi connectivity index (χ3n) is 5.07. The van der Waals surface area contributed by atoms with Crippen molar-refractivity contribution in [3.8, 4) is 0 Å². The highest BCUT2D eigenvalue weighted by atomic mass is 19.1. The Labute approximate surface area is 146 Å². The molecule has 0 radical (unpaired) electrons. The van der Waals surface area contributed by atoms with E-state index < -0.39 is 0 Å². The molecular weight excluding hydrogens is 315 g/mol. The number of imidazole rings is 1. The van der Waals surface area contributed by atoms with Crippen LogP contribution in [-0.2, 0) is 6.54 Å². The second kappa shape index (κ2) is 6.84. The fourth-order valence-corrected chi connectivity index (χ4v) is 3.65. The summed E-state index contributed by atoms with van der Waals surface area (Å²) in [6.45, 7) is 0.442. The Bertz CT molecular complexity index is 873. The van der Waals surface area contributed by atoms with Gasteiger partial charge in [-0.15, -0.1) is 0 Å². The van der Waals surface area contributed by atoms with Crippen LogP contribution in [0.25, 0.3) is 11.0 Å². The number of para-hydroxylation sites is 2. The molecule has 0 bridgehead atoms. The molecule has 1 aliphatic rings. The predicted octanol–water partition coefficient (Wildman–Crippen LogP) is 3.91. The van der Waals surface area contributed by atoms with Crippen LogP contribution in [0.1, 0.15) is 31.2 Å². The van der Waals surface area contributed by atoms with Gasteiger partial charge in [0.25, 0.3) is 0 Å². The van der Waals surface area contributed by atoms with Crippen LogP contribution in [0.4, 0.5) is 10.3 Å². The van der Waals surface area contributed by atoms with Gasteiger partial charge in [-0.3, -0.25) is 0 Å². The first kappa shape index (κ1) is 16.1. The number of benzene rings is 2. The summed E-state index contributed by atoms with van der Waals surface area (Å²) >= 11 is 0. The molecule has 4 rings (SSSR count). The second-order valence-electron chi connectivity index (χ2n) is 6.80. The van der Waals surface area contributed by atoms with Crippen molar-refractivity contribution in [2.75, 3.05) is 5.32 Å². The number of rotatable bonds is 4. The van der Waals surface area contributed by atoms with Gasteiger partial charge in [0.2, 0.25) is 5.95 Å². The summed E-state index contributed by atoms with van der Waals surface area (Å²) in [5, 5.41) is 3.53. The van der Waals surface area contributed by atoms with Gasteiger partial charge in [-0.2, -0.15) is 0 Å². The lowest BCUT2D eigenvalue weighted by atomic mass is 9.91. The second-order valence-corrected chi connectivity index (χ2v) is 6.80. The topological polar surface area (TPSA) is 55.9 Å². The third-order valence-corrected chi connectivity index (χ3v) is 5.07. The molecule has 3 aromatic rings. The van der Waals surface area contributed by atoms with Gasteiger partial charge in [0, 0.05) is 17.6 Å². The van der Waals surface area contributed by atoms with E-state index in [1.165, 1.54) is 18.9 Å². The van der Waals surface area contributed by atoms with Gasteiger partial charge >= 0.3 is 0 Å². The molecule has 5 heteroatoms. The van der Waals surface area contributed by atoms with Crippen LogP contribution in [0.5, 0.6) is 0 Å². The van der Waals surface area contributed by atoms with E-state index in [4.69, 9.17) is 10.7 Å². The molecule has 0 spiro atoms. The number of hydrogen-bond acceptors (Lipinski definition) is 3. The maximum atomic E-state index is 14.2. The molecule has 2 aromatic carbocycles. The predicted molar refractivity (Wildman–Crippen MR) is 99.1 cm³/mol. The molecule has 1 aromatic heterocycles. The normalized spacial score (nSPS) is 20.7. The molecule has 1 aliphatic carbocycles. The smallest absolute Gasteiger partial charge is 0.204 e. The summed E-state index contributed by atoms with van der Waals surface area (Å²) in [4.78, 5) is 4.74. The summed E-state index contributed by atoms with van der Waals surface area (Å²) in [5.74, 6) is 0.576. The highest BCUT2D eigenvalue weighted by molar-refractivity contribution is 5.78. The van der Waals surface area contributed by atoms with Crippen molar-refractivity contribution in [2.45, 2.75) is 44.3 Å². The number of nitrogens with two attached hydrogens (primary N) is 1. The van der Waals surface area contributed by atoms with E-state index in [0.717, 1.165) is 29.8 Å². The monoisotopic (exact) mass is 338 g/mol. The lowest BCUT2D eigenvalue weighted by Crippen LogP contribution is -2.43. The van der Waals surface area contributed by atoms with Crippen LogP contribution < -0.4 is 11.1 Å². The van der Waals surface area contributed by atoms with Gasteiger partial charge in [0.15, 0.2) is 0 Å². The lowest BCUT2D eigenvalue weighted by Gasteiger charge is -2.29. The largest absolute Gasteiger partial charge is 0.351 e. The SMILES string of the molecule is N[C@@H]1CCCC[C@H]1Nc1nc2ccccc2n1Cc1ccccc1F. The number of nitrogens with zero attached hydrogens (tertiary/aromatic N) is 2. The maximum absolute atomic E-state index is 14.2. The average molecular weight is 338 g/mol. The van der Waals surface area contributed by atoms with Crippen LogP contribution in [0, 0.1) is 5.82 Å². The fraction of sp³-hybridized carbons (Fsp3) is 0.350. The number of anilines is 1. The van der Waals surface area contributed by atoms with Crippen molar-refractivity contribution in [2.24, 2.45) is 5.73 Å². The minimum atomic E-state index is -0.194. The number of hydrogen-bond donors (Lipinski definition) is 2. The van der Waals surface area contributed by atoms with Gasteiger partial charge < -0.3 is 15.6 Å². The summed E-state index contributed by atoms with van der Waals surface area (Å²) < 4.78 is 16.2. The molecular formula is C20H23FN4. The van der Waals surface area contributed by atoms with Crippen LogP contribution in [-0.4, -0.2) is 21.6 Å². The molecule has 0 saturated heterocycles. The molecule has 0 unspecified atom stereocenters. The highest BCUT2D eigenvalue weighted by Crippen LogP contribution is 2.25. The van der Waals surface area contributed by atoms with Crippen molar-refractivity contribution in [3.63, 3.8) is 0 Å². The lowest BCUT2D eigenvalue weighted by molar-refractivity contribution is 0.401. The zero-order valence-electron chi connectivity index (χ0n) is 14.2. The van der Waals surface area contributed by atoms with Gasteiger partial charge in [-0.25, -0.2) is 9.37 Å². The van der Waals surface area contributed by atoms with Gasteiger partial charge in [0.05, 0.1) is 17.6 Å². The summed E-state index contributed by atoms with van der Waals surface area (Å²) in [5.41, 5.74) is 8.85. The number of fused-ring (bicyclic) bond motifs is 1. The Hall–Kier alpha value is -2.40. The van der Waals surface area contributed by atoms with E-state index in [-0.39, 0.29) is 17.9 Å². The molecule has 0 aliphatic heterocycles. The zero-order valence-corrected chi connectivity index (χ0v) is 14.2. The Kier molecular flexibility index (Phi) is 4.40. The average Bonchev–Trinajstić information content (AvgIpc) is 2.96. The van der Waals surface area contributed by atoms with E-state index >= 15 is 0 Å². The Morgan fingerprint density at radius 3 is 2.68 bits per heavy atom. The molecule has 2 atom stereocenters. The molecule has 25 heavy (non-hydrogen) atoms. The molecule has 4 nitrogen and oxygen atoms in total. The van der Waals surface area contributed by atoms with Gasteiger partial charge in [-0.1, -0.05) is 43.2 Å². The van der Waals surface area contributed by atoms with Crippen molar-refractivity contribution < 1.29 is 4.39 Å². The Balaban J connectivity index is 1.72. The Morgan fingerprint density at radius 1 is 1.08 bits per heavy atom. The van der Waals surface area contributed by atoms with Crippen LogP contribution >= 0.6 is 0 Å². The third kappa shape index (κ3) is 3.24. The van der Waals surface area contributed by atoms with Crippen LogP contribution in [0.2, 0.25) is 0 Å². The molecule has 0 amide bonds. The van der Waals surface area contributed by atoms with E-state index in [1.807, 2.05) is 36.4 Å². The fourth-order valence-electron chi connectivity index (χ4n) is 3.65. The number of halogens is 1. The molecule has 1 saturated carbocycles. The summed E-state index contributed by atoms with van der Waals surface area (Å²) in [6, 6.07) is 15.2. The van der Waals surface area contributed by atoms with E-state index in [0.29, 0.717) is 12.1 Å². The van der Waals surface area contributed by atoms with E-state index in [2.05, 4.69) is 9.88 Å². The summed E-state index contributed by atoms with van der Waals surface area (Å²) in [6.07, 6.45) is 4.44. The van der Waals surface area contributed by atoms with Crippen molar-refractivity contribution in [1.82, 2.24) is 9.55 Å². The maximum Gasteiger partial charge on any atom is 0.204 e. The Morgan fingerprint density at radius 2 is 1.84 bits per heavy atom. The molecule has 130 valence electrons. The first-order valence-corrected chi connectivity index (χ1v) is 8.93. The van der Waals surface area contributed by atoms with E-state index in [1.54, 1.807) is 6.07 Å². The molecule has 3 N–H and O–H groups in total. The highest BCUT2D eigenvalue weighted by Gasteiger charge is 2.24. The minimum absolute atomic E-state index is 0.135. The first-order chi connectivity index (χ1) is 12.2. The van der Waals surface area contributed by atoms with Crippen molar-refractivity contribution in [1.29, 1.82) is 0 Å². The number of aromatic nitrogens is 2. The zero-order chi connectivity index (χ0) is 17.2. The van der Waals surface area contributed by atoms with Crippen LogP contribution in [0.3, 0.4) is 0 Å². The van der Waals surface area contributed by atoms with Crippen molar-refractivity contribution in [3.05, 3.63) is 59.9 Å². The molecule has 1 fully saturated rings. The minimum Gasteiger partial charge on any atom is -0.351 e. The van der Waals surface area contributed by atoms with Gasteiger partial charge in [-0.05, 0) is 31.0 Å². The summed E-state index contributed by atoms with van der Waals surface area (Å²) in [7, 11) is 0. The first-order valence-electron chi connectivity index (χ1n) is 8.93. The molecule has 1 heterocycles. The van der Waals surface area contributed by atoms with Crippen LogP contribution in [0.15, 0.2) is 48.5 Å². The van der Waals surface area contributed by atoms with E-state index in [9.17, 15) is 4.39 Å². The quantitative estimate of drug-likeness (QED) is 0.758. The number of nitrogens with one attached hydrogen (secondary N) is 1. The standard InChI is InChI=1S/C20H23FN4/c21-15-8-2-1-7-14(15)13-25-19-12-6-5-11-18(19)24-20(25)23-17-10-4-3-9-16(17)22/h1-2,5-8,11-12,16-17H,3-4,9-10,13,22H2,(H,23,24)/t16-,17-/m1/s1. The van der Waals surface area contributed by atoms with Gasteiger partial charge in [0.1, 0.15) is 5.82 Å². The van der Waals surface area contributed by atoms with Crippen molar-refractivity contribution >= 4 is 17.0 Å².